The summed E-state index contributed by atoms with van der Waals surface area (Å²) in [6.07, 6.45) is 0. The first-order valence-corrected chi connectivity index (χ1v) is 9.21. The summed E-state index contributed by atoms with van der Waals surface area (Å²) in [6, 6.07) is 15.9. The van der Waals surface area contributed by atoms with Gasteiger partial charge in [-0.2, -0.15) is 0 Å². The molecule has 126 valence electrons. The quantitative estimate of drug-likeness (QED) is 0.733. The van der Waals surface area contributed by atoms with Crippen LogP contribution in [-0.2, 0) is 17.8 Å². The first kappa shape index (κ1) is 17.4. The van der Waals surface area contributed by atoms with Crippen molar-refractivity contribution in [2.45, 2.75) is 13.1 Å². The van der Waals surface area contributed by atoms with Gasteiger partial charge in [0.15, 0.2) is 0 Å². The van der Waals surface area contributed by atoms with Gasteiger partial charge in [0.05, 0.1) is 13.2 Å². The number of benzene rings is 2. The SMILES string of the molecule is O=C(NCc1ccccc1CN1CCOCC1)c1cccc(I)c1. The molecule has 0 spiro atoms. The number of rotatable bonds is 5. The van der Waals surface area contributed by atoms with E-state index in [-0.39, 0.29) is 5.91 Å². The Balaban J connectivity index is 1.63. The van der Waals surface area contributed by atoms with Gasteiger partial charge in [-0.25, -0.2) is 0 Å². The van der Waals surface area contributed by atoms with Crippen molar-refractivity contribution in [3.05, 3.63) is 68.8 Å². The highest BCUT2D eigenvalue weighted by molar-refractivity contribution is 14.1. The Morgan fingerprint density at radius 2 is 1.83 bits per heavy atom. The number of nitrogens with zero attached hydrogens (tertiary/aromatic N) is 1. The van der Waals surface area contributed by atoms with Crippen LogP contribution in [0.4, 0.5) is 0 Å². The zero-order valence-electron chi connectivity index (χ0n) is 13.5. The number of nitrogens with one attached hydrogen (secondary N) is 1. The smallest absolute Gasteiger partial charge is 0.251 e. The summed E-state index contributed by atoms with van der Waals surface area (Å²) in [5.41, 5.74) is 3.14. The van der Waals surface area contributed by atoms with E-state index in [1.807, 2.05) is 30.3 Å². The zero-order valence-corrected chi connectivity index (χ0v) is 15.7. The van der Waals surface area contributed by atoms with Gasteiger partial charge in [0, 0.05) is 35.3 Å². The molecule has 1 aliphatic heterocycles. The van der Waals surface area contributed by atoms with Crippen LogP contribution in [0.5, 0.6) is 0 Å². The number of hydrogen-bond donors (Lipinski definition) is 1. The standard InChI is InChI=1S/C19H21IN2O2/c20-18-7-3-6-15(12-18)19(23)21-13-16-4-1-2-5-17(16)14-22-8-10-24-11-9-22/h1-7,12H,8-11,13-14H2,(H,21,23). The van der Waals surface area contributed by atoms with E-state index in [1.54, 1.807) is 0 Å². The lowest BCUT2D eigenvalue weighted by Crippen LogP contribution is -2.36. The molecule has 0 atom stereocenters. The molecule has 1 aliphatic rings. The second kappa shape index (κ2) is 8.60. The van der Waals surface area contributed by atoms with E-state index in [2.05, 4.69) is 51.0 Å². The van der Waals surface area contributed by atoms with Crippen LogP contribution in [0.3, 0.4) is 0 Å². The Morgan fingerprint density at radius 3 is 2.58 bits per heavy atom. The third-order valence-corrected chi connectivity index (χ3v) is 4.81. The van der Waals surface area contributed by atoms with Gasteiger partial charge >= 0.3 is 0 Å². The predicted octanol–water partition coefficient (Wildman–Crippen LogP) is 3.05. The maximum Gasteiger partial charge on any atom is 0.251 e. The fraction of sp³-hybridized carbons (Fsp3) is 0.316. The van der Waals surface area contributed by atoms with E-state index in [1.165, 1.54) is 11.1 Å². The van der Waals surface area contributed by atoms with Crippen molar-refractivity contribution in [2.24, 2.45) is 0 Å². The minimum atomic E-state index is -0.0327. The molecule has 1 heterocycles. The van der Waals surface area contributed by atoms with E-state index < -0.39 is 0 Å². The maximum atomic E-state index is 12.3. The third-order valence-electron chi connectivity index (χ3n) is 4.14. The first-order valence-electron chi connectivity index (χ1n) is 8.13. The van der Waals surface area contributed by atoms with Crippen LogP contribution in [0.15, 0.2) is 48.5 Å². The largest absolute Gasteiger partial charge is 0.379 e. The molecule has 4 nitrogen and oxygen atoms in total. The number of ether oxygens (including phenoxy) is 1. The summed E-state index contributed by atoms with van der Waals surface area (Å²) in [6.45, 7) is 4.97. The molecular formula is C19H21IN2O2. The van der Waals surface area contributed by atoms with Gasteiger partial charge in [0.25, 0.3) is 5.91 Å². The molecule has 0 unspecified atom stereocenters. The average Bonchev–Trinajstić information content (AvgIpc) is 2.61. The average molecular weight is 436 g/mol. The van der Waals surface area contributed by atoms with Crippen molar-refractivity contribution in [1.82, 2.24) is 10.2 Å². The molecule has 1 N–H and O–H groups in total. The van der Waals surface area contributed by atoms with Gasteiger partial charge < -0.3 is 10.1 Å². The van der Waals surface area contributed by atoms with Crippen LogP contribution in [0.1, 0.15) is 21.5 Å². The molecular weight excluding hydrogens is 415 g/mol. The van der Waals surface area contributed by atoms with Crippen LogP contribution in [0.2, 0.25) is 0 Å². The minimum absolute atomic E-state index is 0.0327. The van der Waals surface area contributed by atoms with Crippen molar-refractivity contribution < 1.29 is 9.53 Å². The van der Waals surface area contributed by atoms with Gasteiger partial charge in [-0.05, 0) is 51.9 Å². The summed E-state index contributed by atoms with van der Waals surface area (Å²) in [4.78, 5) is 14.7. The summed E-state index contributed by atoms with van der Waals surface area (Å²) in [5.74, 6) is -0.0327. The molecule has 0 aromatic heterocycles. The van der Waals surface area contributed by atoms with E-state index in [9.17, 15) is 4.79 Å². The number of morpholine rings is 1. The first-order chi connectivity index (χ1) is 11.7. The Bertz CT molecular complexity index is 699. The van der Waals surface area contributed by atoms with Crippen molar-refractivity contribution in [2.75, 3.05) is 26.3 Å². The van der Waals surface area contributed by atoms with Crippen molar-refractivity contribution >= 4 is 28.5 Å². The van der Waals surface area contributed by atoms with E-state index in [0.29, 0.717) is 12.1 Å². The number of carbonyl (C=O) groups is 1. The molecule has 24 heavy (non-hydrogen) atoms. The minimum Gasteiger partial charge on any atom is -0.379 e. The molecule has 5 heteroatoms. The fourth-order valence-corrected chi connectivity index (χ4v) is 3.33. The van der Waals surface area contributed by atoms with E-state index in [0.717, 1.165) is 36.4 Å². The molecule has 1 saturated heterocycles. The third kappa shape index (κ3) is 4.78. The number of hydrogen-bond acceptors (Lipinski definition) is 3. The van der Waals surface area contributed by atoms with Gasteiger partial charge in [-0.15, -0.1) is 0 Å². The summed E-state index contributed by atoms with van der Waals surface area (Å²) >= 11 is 2.22. The molecule has 0 aliphatic carbocycles. The molecule has 2 aromatic carbocycles. The second-order valence-electron chi connectivity index (χ2n) is 5.85. The lowest BCUT2D eigenvalue weighted by Gasteiger charge is -2.27. The molecule has 0 radical (unpaired) electrons. The van der Waals surface area contributed by atoms with E-state index >= 15 is 0 Å². The fourth-order valence-electron chi connectivity index (χ4n) is 2.79. The van der Waals surface area contributed by atoms with Gasteiger partial charge in [0.2, 0.25) is 0 Å². The van der Waals surface area contributed by atoms with Crippen LogP contribution in [0, 0.1) is 3.57 Å². The summed E-state index contributed by atoms with van der Waals surface area (Å²) < 4.78 is 6.47. The molecule has 1 amide bonds. The lowest BCUT2D eigenvalue weighted by atomic mass is 10.1. The highest BCUT2D eigenvalue weighted by Crippen LogP contribution is 2.14. The van der Waals surface area contributed by atoms with Crippen LogP contribution < -0.4 is 5.32 Å². The second-order valence-corrected chi connectivity index (χ2v) is 7.10. The molecule has 2 aromatic rings. The Morgan fingerprint density at radius 1 is 1.08 bits per heavy atom. The van der Waals surface area contributed by atoms with Crippen molar-refractivity contribution in [1.29, 1.82) is 0 Å². The Labute approximate surface area is 156 Å². The predicted molar refractivity (Wildman–Crippen MR) is 103 cm³/mol. The molecule has 1 fully saturated rings. The highest BCUT2D eigenvalue weighted by atomic mass is 127. The number of halogens is 1. The molecule has 0 saturated carbocycles. The van der Waals surface area contributed by atoms with Crippen LogP contribution in [-0.4, -0.2) is 37.1 Å². The van der Waals surface area contributed by atoms with Crippen LogP contribution >= 0.6 is 22.6 Å². The van der Waals surface area contributed by atoms with E-state index in [4.69, 9.17) is 4.74 Å². The van der Waals surface area contributed by atoms with Gasteiger partial charge in [0.1, 0.15) is 0 Å². The number of amides is 1. The van der Waals surface area contributed by atoms with Gasteiger partial charge in [-0.1, -0.05) is 30.3 Å². The Kier molecular flexibility index (Phi) is 6.23. The molecule has 0 bridgehead atoms. The monoisotopic (exact) mass is 436 g/mol. The maximum absolute atomic E-state index is 12.3. The highest BCUT2D eigenvalue weighted by Gasteiger charge is 2.13. The van der Waals surface area contributed by atoms with Gasteiger partial charge in [-0.3, -0.25) is 9.69 Å². The lowest BCUT2D eigenvalue weighted by molar-refractivity contribution is 0.0340. The zero-order chi connectivity index (χ0) is 16.8. The van der Waals surface area contributed by atoms with Crippen LogP contribution in [0.25, 0.3) is 0 Å². The summed E-state index contributed by atoms with van der Waals surface area (Å²) in [7, 11) is 0. The topological polar surface area (TPSA) is 41.6 Å². The Hall–Kier alpha value is -1.44. The van der Waals surface area contributed by atoms with Crippen molar-refractivity contribution in [3.8, 4) is 0 Å². The van der Waals surface area contributed by atoms with Crippen molar-refractivity contribution in [3.63, 3.8) is 0 Å². The summed E-state index contributed by atoms with van der Waals surface area (Å²) in [5, 5.41) is 3.03. The number of carbonyl (C=O) groups excluding carboxylic acids is 1. The normalized spacial score (nSPS) is 15.2. The molecule has 3 rings (SSSR count).